The fourth-order valence-corrected chi connectivity index (χ4v) is 0.823. The molecule has 0 unspecified atom stereocenters. The van der Waals surface area contributed by atoms with E-state index >= 15 is 0 Å². The van der Waals surface area contributed by atoms with Gasteiger partial charge >= 0.3 is 17.2 Å². The van der Waals surface area contributed by atoms with Crippen molar-refractivity contribution in [2.24, 2.45) is 0 Å². The van der Waals surface area contributed by atoms with Crippen molar-refractivity contribution in [3.63, 3.8) is 0 Å². The molecule has 0 fully saturated rings. The van der Waals surface area contributed by atoms with E-state index in [0.29, 0.717) is 4.57 Å². The monoisotopic (exact) mass is 199 g/mol. The third-order valence-corrected chi connectivity index (χ3v) is 1.39. The van der Waals surface area contributed by atoms with E-state index in [1.807, 2.05) is 0 Å². The maximum Gasteiger partial charge on any atom is 0.352 e. The van der Waals surface area contributed by atoms with Gasteiger partial charge in [0.15, 0.2) is 0 Å². The Labute approximate surface area is 76.6 Å². The van der Waals surface area contributed by atoms with Crippen LogP contribution in [0.5, 0.6) is 0 Å². The lowest BCUT2D eigenvalue weighted by Crippen LogP contribution is -2.25. The molecule has 0 bridgehead atoms. The van der Waals surface area contributed by atoms with E-state index in [2.05, 4.69) is 4.98 Å². The Morgan fingerprint density at radius 2 is 2.36 bits per heavy atom. The molecule has 0 aliphatic carbocycles. The molecule has 0 aliphatic rings. The van der Waals surface area contributed by atoms with Crippen molar-refractivity contribution in [3.05, 3.63) is 33.0 Å². The van der Waals surface area contributed by atoms with Gasteiger partial charge in [-0.2, -0.15) is 0 Å². The van der Waals surface area contributed by atoms with Crippen molar-refractivity contribution in [1.29, 1.82) is 0 Å². The summed E-state index contributed by atoms with van der Waals surface area (Å²) in [5.74, 6) is -1.27. The molecule has 1 rings (SSSR count). The third kappa shape index (κ3) is 1.91. The number of hydrogen-bond acceptors (Lipinski definition) is 5. The quantitative estimate of drug-likeness (QED) is 0.505. The molecule has 0 spiro atoms. The highest BCUT2D eigenvalue weighted by atomic mass is 16.6. The van der Waals surface area contributed by atoms with Gasteiger partial charge in [-0.1, -0.05) is 0 Å². The number of aromatic nitrogens is 2. The highest BCUT2D eigenvalue weighted by molar-refractivity contribution is 5.66. The molecule has 8 heteroatoms. The van der Waals surface area contributed by atoms with Gasteiger partial charge in [-0.05, 0) is 0 Å². The van der Waals surface area contributed by atoms with E-state index in [9.17, 15) is 19.7 Å². The first-order valence-corrected chi connectivity index (χ1v) is 3.43. The van der Waals surface area contributed by atoms with Crippen LogP contribution in [0, 0.1) is 10.1 Å². The Hall–Kier alpha value is -2.25. The van der Waals surface area contributed by atoms with Gasteiger partial charge in [0.05, 0.1) is 11.3 Å². The molecule has 14 heavy (non-hydrogen) atoms. The van der Waals surface area contributed by atoms with Crippen LogP contribution in [-0.4, -0.2) is 25.6 Å². The lowest BCUT2D eigenvalue weighted by Gasteiger charge is -1.98. The zero-order valence-electron chi connectivity index (χ0n) is 6.78. The Morgan fingerprint density at radius 3 is 2.86 bits per heavy atom. The summed E-state index contributed by atoms with van der Waals surface area (Å²) in [5.41, 5.74) is -1.72. The van der Waals surface area contributed by atoms with E-state index in [-0.39, 0.29) is 0 Å². The SMILES string of the molecule is O=C(O)Cn1cncc([N+](=O)[O-])c1=O. The van der Waals surface area contributed by atoms with Crippen molar-refractivity contribution in [2.75, 3.05) is 0 Å². The number of carboxylic acids is 1. The van der Waals surface area contributed by atoms with Gasteiger partial charge in [0.1, 0.15) is 12.7 Å². The molecule has 1 heterocycles. The fourth-order valence-electron chi connectivity index (χ4n) is 0.823. The van der Waals surface area contributed by atoms with Crippen LogP contribution in [0.3, 0.4) is 0 Å². The Bertz CT molecular complexity index is 437. The summed E-state index contributed by atoms with van der Waals surface area (Å²) in [4.78, 5) is 34.1. The summed E-state index contributed by atoms with van der Waals surface area (Å²) < 4.78 is 0.653. The molecule has 74 valence electrons. The van der Waals surface area contributed by atoms with Crippen LogP contribution >= 0.6 is 0 Å². The molecule has 0 saturated carbocycles. The first-order chi connectivity index (χ1) is 6.52. The van der Waals surface area contributed by atoms with E-state index in [0.717, 1.165) is 12.5 Å². The van der Waals surface area contributed by atoms with Gasteiger partial charge in [0.25, 0.3) is 0 Å². The van der Waals surface area contributed by atoms with E-state index < -0.39 is 28.7 Å². The molecular formula is C6H5N3O5. The van der Waals surface area contributed by atoms with Crippen LogP contribution in [0.1, 0.15) is 0 Å². The highest BCUT2D eigenvalue weighted by Crippen LogP contribution is 1.98. The summed E-state index contributed by atoms with van der Waals surface area (Å²) in [5, 5.41) is 18.6. The number of hydrogen-bond donors (Lipinski definition) is 1. The minimum atomic E-state index is -1.27. The van der Waals surface area contributed by atoms with Crippen LogP contribution in [0.25, 0.3) is 0 Å². The van der Waals surface area contributed by atoms with Gasteiger partial charge in [-0.3, -0.25) is 24.3 Å². The summed E-state index contributed by atoms with van der Waals surface area (Å²) in [7, 11) is 0. The fraction of sp³-hybridized carbons (Fsp3) is 0.167. The van der Waals surface area contributed by atoms with E-state index in [1.54, 1.807) is 0 Å². The number of carboxylic acid groups (broad SMARTS) is 1. The molecule has 8 nitrogen and oxygen atoms in total. The number of rotatable bonds is 3. The Balaban J connectivity index is 3.21. The average molecular weight is 199 g/mol. The molecule has 0 saturated heterocycles. The summed E-state index contributed by atoms with van der Waals surface area (Å²) in [6, 6.07) is 0. The minimum Gasteiger partial charge on any atom is -0.480 e. The van der Waals surface area contributed by atoms with Crippen LogP contribution < -0.4 is 5.56 Å². The average Bonchev–Trinajstić information content (AvgIpc) is 2.07. The normalized spacial score (nSPS) is 9.71. The van der Waals surface area contributed by atoms with Crippen LogP contribution in [0.2, 0.25) is 0 Å². The zero-order chi connectivity index (χ0) is 10.7. The molecular weight excluding hydrogens is 194 g/mol. The minimum absolute atomic E-state index is 0.645. The molecule has 0 aromatic carbocycles. The molecule has 0 atom stereocenters. The third-order valence-electron chi connectivity index (χ3n) is 1.39. The Kier molecular flexibility index (Phi) is 2.56. The summed E-state index contributed by atoms with van der Waals surface area (Å²) in [6.45, 7) is -0.645. The number of nitro groups is 1. The van der Waals surface area contributed by atoms with E-state index in [4.69, 9.17) is 5.11 Å². The second kappa shape index (κ2) is 3.64. The van der Waals surface area contributed by atoms with Crippen molar-refractivity contribution >= 4 is 11.7 Å². The zero-order valence-corrected chi connectivity index (χ0v) is 6.78. The molecule has 1 aromatic rings. The maximum absolute atomic E-state index is 11.2. The number of aliphatic carboxylic acids is 1. The van der Waals surface area contributed by atoms with Gasteiger partial charge in [0, 0.05) is 0 Å². The predicted octanol–water partition coefficient (Wildman–Crippen LogP) is -0.764. The standard InChI is InChI=1S/C6H5N3O5/c10-5(11)2-8-3-7-1-4(6(8)12)9(13)14/h1,3H,2H2,(H,10,11). The summed E-state index contributed by atoms with van der Waals surface area (Å²) in [6.07, 6.45) is 1.71. The maximum atomic E-state index is 11.2. The van der Waals surface area contributed by atoms with E-state index in [1.165, 1.54) is 0 Å². The molecule has 0 radical (unpaired) electrons. The Morgan fingerprint density at radius 1 is 1.71 bits per heavy atom. The van der Waals surface area contributed by atoms with Gasteiger partial charge in [0.2, 0.25) is 0 Å². The van der Waals surface area contributed by atoms with Crippen LogP contribution in [-0.2, 0) is 11.3 Å². The van der Waals surface area contributed by atoms with Crippen molar-refractivity contribution in [2.45, 2.75) is 6.54 Å². The number of carbonyl (C=O) groups is 1. The molecule has 1 N–H and O–H groups in total. The van der Waals surface area contributed by atoms with Crippen molar-refractivity contribution in [1.82, 2.24) is 9.55 Å². The van der Waals surface area contributed by atoms with Crippen LogP contribution in [0.15, 0.2) is 17.3 Å². The lowest BCUT2D eigenvalue weighted by atomic mass is 10.5. The van der Waals surface area contributed by atoms with Gasteiger partial charge in [-0.25, -0.2) is 4.98 Å². The lowest BCUT2D eigenvalue weighted by molar-refractivity contribution is -0.386. The second-order valence-corrected chi connectivity index (χ2v) is 2.36. The highest BCUT2D eigenvalue weighted by Gasteiger charge is 2.15. The summed E-state index contributed by atoms with van der Waals surface area (Å²) >= 11 is 0. The van der Waals surface area contributed by atoms with Crippen molar-refractivity contribution < 1.29 is 14.8 Å². The molecule has 0 amide bonds. The smallest absolute Gasteiger partial charge is 0.352 e. The van der Waals surface area contributed by atoms with Gasteiger partial charge in [-0.15, -0.1) is 0 Å². The first kappa shape index (κ1) is 9.84. The number of nitrogens with zero attached hydrogens (tertiary/aromatic N) is 3. The van der Waals surface area contributed by atoms with Crippen molar-refractivity contribution in [3.8, 4) is 0 Å². The predicted molar refractivity (Wildman–Crippen MR) is 42.8 cm³/mol. The first-order valence-electron chi connectivity index (χ1n) is 3.43. The van der Waals surface area contributed by atoms with Gasteiger partial charge < -0.3 is 5.11 Å². The molecule has 1 aromatic heterocycles. The van der Waals surface area contributed by atoms with Crippen LogP contribution in [0.4, 0.5) is 5.69 Å². The topological polar surface area (TPSA) is 115 Å². The largest absolute Gasteiger partial charge is 0.480 e. The second-order valence-electron chi connectivity index (χ2n) is 2.36. The molecule has 0 aliphatic heterocycles.